The smallest absolute Gasteiger partial charge is 0.267 e. The number of anilines is 2. The molecule has 1 heterocycles. The van der Waals surface area contributed by atoms with Crippen molar-refractivity contribution in [2.75, 3.05) is 10.6 Å². The van der Waals surface area contributed by atoms with E-state index in [9.17, 15) is 9.59 Å². The summed E-state index contributed by atoms with van der Waals surface area (Å²) in [6.07, 6.45) is 4.05. The molecular weight excluding hydrogens is 358 g/mol. The Morgan fingerprint density at radius 2 is 1.92 bits per heavy atom. The molecule has 0 bridgehead atoms. The van der Waals surface area contributed by atoms with Gasteiger partial charge in [0.05, 0.1) is 16.4 Å². The van der Waals surface area contributed by atoms with Gasteiger partial charge in [-0.2, -0.15) is 0 Å². The molecule has 132 valence electrons. The number of carbonyl (C=O) groups is 2. The number of nitrogens with zero attached hydrogens (tertiary/aromatic N) is 1. The molecular formula is C18H20ClN3O2S. The maximum absolute atomic E-state index is 12.6. The monoisotopic (exact) mass is 377 g/mol. The van der Waals surface area contributed by atoms with Crippen molar-refractivity contribution in [3.05, 3.63) is 39.4 Å². The number of rotatable bonds is 4. The van der Waals surface area contributed by atoms with Crippen LogP contribution >= 0.6 is 22.9 Å². The molecule has 0 radical (unpaired) electrons. The molecule has 1 aromatic heterocycles. The molecule has 3 rings (SSSR count). The summed E-state index contributed by atoms with van der Waals surface area (Å²) in [6.45, 7) is 3.64. The van der Waals surface area contributed by atoms with Crippen molar-refractivity contribution in [2.24, 2.45) is 5.92 Å². The maximum atomic E-state index is 12.6. The van der Waals surface area contributed by atoms with E-state index >= 15 is 0 Å². The van der Waals surface area contributed by atoms with Gasteiger partial charge in [-0.1, -0.05) is 47.9 Å². The Morgan fingerprint density at radius 1 is 1.20 bits per heavy atom. The third-order valence-electron chi connectivity index (χ3n) is 4.42. The molecule has 0 unspecified atom stereocenters. The van der Waals surface area contributed by atoms with Crippen LogP contribution in [0.2, 0.25) is 5.02 Å². The Balaban J connectivity index is 1.73. The van der Waals surface area contributed by atoms with Crippen LogP contribution in [0.15, 0.2) is 18.2 Å². The Bertz CT molecular complexity index is 792. The molecule has 0 aliphatic heterocycles. The van der Waals surface area contributed by atoms with Gasteiger partial charge in [-0.15, -0.1) is 0 Å². The number of para-hydroxylation sites is 1. The van der Waals surface area contributed by atoms with Crippen molar-refractivity contribution in [1.82, 2.24) is 4.98 Å². The summed E-state index contributed by atoms with van der Waals surface area (Å²) >= 11 is 7.35. The summed E-state index contributed by atoms with van der Waals surface area (Å²) in [4.78, 5) is 29.6. The van der Waals surface area contributed by atoms with Crippen LogP contribution in [0, 0.1) is 19.8 Å². The van der Waals surface area contributed by atoms with E-state index < -0.39 is 0 Å². The van der Waals surface area contributed by atoms with Crippen LogP contribution < -0.4 is 10.6 Å². The fraction of sp³-hybridized carbons (Fsp3) is 0.389. The lowest BCUT2D eigenvalue weighted by Gasteiger charge is -2.09. The van der Waals surface area contributed by atoms with Gasteiger partial charge >= 0.3 is 0 Å². The van der Waals surface area contributed by atoms with E-state index in [1.165, 1.54) is 11.3 Å². The summed E-state index contributed by atoms with van der Waals surface area (Å²) < 4.78 is 0. The molecule has 1 aromatic carbocycles. The summed E-state index contributed by atoms with van der Waals surface area (Å²) in [5, 5.41) is 6.65. The van der Waals surface area contributed by atoms with Gasteiger partial charge in [-0.3, -0.25) is 9.59 Å². The minimum atomic E-state index is -0.271. The van der Waals surface area contributed by atoms with Gasteiger partial charge in [0.25, 0.3) is 5.91 Å². The van der Waals surface area contributed by atoms with Crippen molar-refractivity contribution < 1.29 is 9.59 Å². The zero-order valence-electron chi connectivity index (χ0n) is 14.2. The average Bonchev–Trinajstić information content (AvgIpc) is 3.21. The molecule has 1 saturated carbocycles. The first-order chi connectivity index (χ1) is 12.0. The van der Waals surface area contributed by atoms with Crippen LogP contribution in [0.5, 0.6) is 0 Å². The van der Waals surface area contributed by atoms with Crippen molar-refractivity contribution in [2.45, 2.75) is 39.5 Å². The summed E-state index contributed by atoms with van der Waals surface area (Å²) in [5.74, 6) is -0.208. The summed E-state index contributed by atoms with van der Waals surface area (Å²) in [6, 6.07) is 5.45. The number of aryl methyl sites for hydroxylation is 2. The summed E-state index contributed by atoms with van der Waals surface area (Å²) in [5.41, 5.74) is 2.07. The highest BCUT2D eigenvalue weighted by atomic mass is 35.5. The molecule has 0 saturated heterocycles. The molecule has 1 fully saturated rings. The molecule has 2 N–H and O–H groups in total. The van der Waals surface area contributed by atoms with E-state index in [1.807, 2.05) is 19.1 Å². The SMILES string of the molecule is Cc1cccc(Cl)c1NC(=O)c1sc(NC(=O)C2CCCC2)nc1C. The lowest BCUT2D eigenvalue weighted by Crippen LogP contribution is -2.20. The minimum absolute atomic E-state index is 0.000145. The van der Waals surface area contributed by atoms with Gasteiger partial charge in [0.1, 0.15) is 4.88 Å². The van der Waals surface area contributed by atoms with Crippen molar-refractivity contribution >= 4 is 45.6 Å². The predicted molar refractivity (Wildman–Crippen MR) is 102 cm³/mol. The highest BCUT2D eigenvalue weighted by Gasteiger charge is 2.24. The van der Waals surface area contributed by atoms with Gasteiger partial charge in [-0.05, 0) is 38.3 Å². The first-order valence-corrected chi connectivity index (χ1v) is 9.50. The molecule has 7 heteroatoms. The Kier molecular flexibility index (Phi) is 5.39. The van der Waals surface area contributed by atoms with Crippen molar-refractivity contribution in [3.8, 4) is 0 Å². The van der Waals surface area contributed by atoms with E-state index in [0.717, 1.165) is 31.2 Å². The number of carbonyl (C=O) groups excluding carboxylic acids is 2. The molecule has 0 spiro atoms. The fourth-order valence-electron chi connectivity index (χ4n) is 3.02. The first kappa shape index (κ1) is 17.9. The third-order valence-corrected chi connectivity index (χ3v) is 5.81. The second-order valence-electron chi connectivity index (χ2n) is 6.29. The largest absolute Gasteiger partial charge is 0.320 e. The Hall–Kier alpha value is -1.92. The van der Waals surface area contributed by atoms with Crippen molar-refractivity contribution in [1.29, 1.82) is 0 Å². The normalized spacial score (nSPS) is 14.5. The number of aromatic nitrogens is 1. The van der Waals surface area contributed by atoms with E-state index in [0.29, 0.717) is 26.4 Å². The molecule has 5 nitrogen and oxygen atoms in total. The van der Waals surface area contributed by atoms with Gasteiger partial charge < -0.3 is 10.6 Å². The highest BCUT2D eigenvalue weighted by Crippen LogP contribution is 2.30. The van der Waals surface area contributed by atoms with Crippen LogP contribution in [-0.4, -0.2) is 16.8 Å². The fourth-order valence-corrected chi connectivity index (χ4v) is 4.15. The van der Waals surface area contributed by atoms with Gasteiger partial charge in [0.2, 0.25) is 5.91 Å². The summed E-state index contributed by atoms with van der Waals surface area (Å²) in [7, 11) is 0. The van der Waals surface area contributed by atoms with Crippen LogP contribution in [0.25, 0.3) is 0 Å². The number of amides is 2. The number of hydrogen-bond donors (Lipinski definition) is 2. The van der Waals surface area contributed by atoms with E-state index in [2.05, 4.69) is 15.6 Å². The lowest BCUT2D eigenvalue weighted by molar-refractivity contribution is -0.119. The standard InChI is InChI=1S/C18H20ClN3O2S/c1-10-6-5-9-13(19)14(10)21-17(24)15-11(2)20-18(25-15)22-16(23)12-7-3-4-8-12/h5-6,9,12H,3-4,7-8H2,1-2H3,(H,21,24)(H,20,22,23). The lowest BCUT2D eigenvalue weighted by atomic mass is 10.1. The van der Waals surface area contributed by atoms with Crippen LogP contribution in [-0.2, 0) is 4.79 Å². The zero-order valence-corrected chi connectivity index (χ0v) is 15.8. The van der Waals surface area contributed by atoms with Gasteiger partial charge in [0.15, 0.2) is 5.13 Å². The molecule has 2 aromatic rings. The van der Waals surface area contributed by atoms with Gasteiger partial charge in [0, 0.05) is 5.92 Å². The van der Waals surface area contributed by atoms with E-state index in [1.54, 1.807) is 13.0 Å². The molecule has 2 amide bonds. The Morgan fingerprint density at radius 3 is 2.60 bits per heavy atom. The van der Waals surface area contributed by atoms with E-state index in [4.69, 9.17) is 11.6 Å². The third kappa shape index (κ3) is 4.02. The molecule has 25 heavy (non-hydrogen) atoms. The second kappa shape index (κ2) is 7.54. The second-order valence-corrected chi connectivity index (χ2v) is 7.70. The van der Waals surface area contributed by atoms with Crippen molar-refractivity contribution in [3.63, 3.8) is 0 Å². The minimum Gasteiger partial charge on any atom is -0.320 e. The zero-order chi connectivity index (χ0) is 18.0. The molecule has 1 aliphatic carbocycles. The van der Waals surface area contributed by atoms with Crippen LogP contribution in [0.4, 0.5) is 10.8 Å². The number of hydrogen-bond acceptors (Lipinski definition) is 4. The van der Waals surface area contributed by atoms with Crippen LogP contribution in [0.3, 0.4) is 0 Å². The predicted octanol–water partition coefficient (Wildman–Crippen LogP) is 4.79. The topological polar surface area (TPSA) is 71.1 Å². The molecule has 0 atom stereocenters. The number of thiazole rings is 1. The number of halogens is 1. The quantitative estimate of drug-likeness (QED) is 0.804. The van der Waals surface area contributed by atoms with E-state index in [-0.39, 0.29) is 17.7 Å². The maximum Gasteiger partial charge on any atom is 0.267 e. The number of benzene rings is 1. The average molecular weight is 378 g/mol. The Labute approximate surface area is 155 Å². The molecule has 1 aliphatic rings. The first-order valence-electron chi connectivity index (χ1n) is 8.30. The van der Waals surface area contributed by atoms with Gasteiger partial charge in [-0.25, -0.2) is 4.98 Å². The number of nitrogens with one attached hydrogen (secondary N) is 2. The van der Waals surface area contributed by atoms with Crippen LogP contribution in [0.1, 0.15) is 46.6 Å². The highest BCUT2D eigenvalue weighted by molar-refractivity contribution is 7.17.